The molecule has 0 spiro atoms. The summed E-state index contributed by atoms with van der Waals surface area (Å²) >= 11 is 1.01. The lowest BCUT2D eigenvalue weighted by Crippen LogP contribution is -2.16. The Kier molecular flexibility index (Phi) is 5.07. The van der Waals surface area contributed by atoms with E-state index in [0.29, 0.717) is 6.42 Å². The van der Waals surface area contributed by atoms with E-state index in [0.717, 1.165) is 17.8 Å². The molecule has 0 aromatic heterocycles. The minimum Gasteiger partial charge on any atom is -0.480 e. The number of carboxylic acids is 1. The fraction of sp³-hybridized carbons (Fsp3) is 0.417. The summed E-state index contributed by atoms with van der Waals surface area (Å²) in [5.41, 5.74) is -0.576. The van der Waals surface area contributed by atoms with Gasteiger partial charge in [0.1, 0.15) is 5.25 Å². The van der Waals surface area contributed by atoms with Crippen LogP contribution in [0.25, 0.3) is 0 Å². The number of aliphatic carboxylic acids is 1. The van der Waals surface area contributed by atoms with Crippen molar-refractivity contribution in [2.45, 2.75) is 30.5 Å². The fourth-order valence-corrected chi connectivity index (χ4v) is 2.49. The topological polar surface area (TPSA) is 37.3 Å². The molecular formula is C12H13F3O2S. The second-order valence-electron chi connectivity index (χ2n) is 3.70. The summed E-state index contributed by atoms with van der Waals surface area (Å²) in [6.07, 6.45) is -4.02. The monoisotopic (exact) mass is 278 g/mol. The smallest absolute Gasteiger partial charge is 0.416 e. The maximum absolute atomic E-state index is 12.7. The van der Waals surface area contributed by atoms with Crippen molar-refractivity contribution in [2.75, 3.05) is 0 Å². The van der Waals surface area contributed by atoms with Crippen molar-refractivity contribution in [1.82, 2.24) is 0 Å². The molecule has 1 aromatic carbocycles. The number of benzene rings is 1. The zero-order chi connectivity index (χ0) is 13.8. The largest absolute Gasteiger partial charge is 0.480 e. The van der Waals surface area contributed by atoms with Crippen LogP contribution in [-0.2, 0) is 16.7 Å². The molecule has 0 saturated heterocycles. The minimum absolute atomic E-state index is 0.0422. The van der Waals surface area contributed by atoms with Crippen LogP contribution in [0, 0.1) is 0 Å². The molecular weight excluding hydrogens is 265 g/mol. The molecule has 0 radical (unpaired) electrons. The Bertz CT molecular complexity index is 418. The maximum atomic E-state index is 12.7. The molecule has 0 saturated carbocycles. The lowest BCUT2D eigenvalue weighted by molar-refractivity contribution is -0.138. The van der Waals surface area contributed by atoms with E-state index in [-0.39, 0.29) is 11.3 Å². The molecule has 1 unspecified atom stereocenters. The summed E-state index contributed by atoms with van der Waals surface area (Å²) in [7, 11) is 0. The first kappa shape index (κ1) is 14.9. The third-order valence-corrected chi connectivity index (χ3v) is 3.82. The molecule has 0 fully saturated rings. The van der Waals surface area contributed by atoms with Gasteiger partial charge in [-0.05, 0) is 18.1 Å². The van der Waals surface area contributed by atoms with E-state index in [1.165, 1.54) is 18.2 Å². The molecule has 100 valence electrons. The predicted octanol–water partition coefficient (Wildman–Crippen LogP) is 3.80. The highest BCUT2D eigenvalue weighted by Crippen LogP contribution is 2.34. The molecule has 0 amide bonds. The first-order valence-electron chi connectivity index (χ1n) is 5.35. The van der Waals surface area contributed by atoms with Crippen LogP contribution in [0.4, 0.5) is 13.2 Å². The highest BCUT2D eigenvalue weighted by Gasteiger charge is 2.33. The van der Waals surface area contributed by atoms with Gasteiger partial charge in [-0.3, -0.25) is 4.79 Å². The molecule has 0 bridgehead atoms. The molecule has 1 N–H and O–H groups in total. The van der Waals surface area contributed by atoms with Crippen LogP contribution < -0.4 is 0 Å². The normalized spacial score (nSPS) is 13.3. The highest BCUT2D eigenvalue weighted by molar-refractivity contribution is 7.99. The third-order valence-electron chi connectivity index (χ3n) is 2.41. The number of halogens is 3. The van der Waals surface area contributed by atoms with Gasteiger partial charge < -0.3 is 5.11 Å². The van der Waals surface area contributed by atoms with Crippen molar-refractivity contribution >= 4 is 17.7 Å². The molecule has 0 aliphatic heterocycles. The minimum atomic E-state index is -4.40. The average molecular weight is 278 g/mol. The van der Waals surface area contributed by atoms with Crippen molar-refractivity contribution in [3.63, 3.8) is 0 Å². The molecule has 0 heterocycles. The molecule has 18 heavy (non-hydrogen) atoms. The van der Waals surface area contributed by atoms with Crippen LogP contribution in [0.3, 0.4) is 0 Å². The summed E-state index contributed by atoms with van der Waals surface area (Å²) in [4.78, 5) is 10.8. The molecule has 1 atom stereocenters. The van der Waals surface area contributed by atoms with E-state index in [1.54, 1.807) is 6.92 Å². The van der Waals surface area contributed by atoms with Crippen LogP contribution in [0.15, 0.2) is 24.3 Å². The second-order valence-corrected chi connectivity index (χ2v) is 4.89. The summed E-state index contributed by atoms with van der Waals surface area (Å²) < 4.78 is 38.1. The Morgan fingerprint density at radius 2 is 2.00 bits per heavy atom. The Balaban J connectivity index is 2.82. The van der Waals surface area contributed by atoms with E-state index in [2.05, 4.69) is 0 Å². The zero-order valence-electron chi connectivity index (χ0n) is 9.70. The van der Waals surface area contributed by atoms with Crippen LogP contribution >= 0.6 is 11.8 Å². The van der Waals surface area contributed by atoms with Gasteiger partial charge in [0.2, 0.25) is 0 Å². The maximum Gasteiger partial charge on any atom is 0.416 e. The average Bonchev–Trinajstić information content (AvgIpc) is 2.28. The standard InChI is InChI=1S/C12H13F3O2S/c1-2-10(11(16)17)18-7-8-5-3-4-6-9(8)12(13,14)15/h3-6,10H,2,7H2,1H3,(H,16,17). The lowest BCUT2D eigenvalue weighted by atomic mass is 10.1. The van der Waals surface area contributed by atoms with Gasteiger partial charge in [0.25, 0.3) is 0 Å². The van der Waals surface area contributed by atoms with E-state index < -0.39 is 23.0 Å². The number of hydrogen-bond acceptors (Lipinski definition) is 2. The fourth-order valence-electron chi connectivity index (χ4n) is 1.48. The Hall–Kier alpha value is -1.17. The Morgan fingerprint density at radius 1 is 1.39 bits per heavy atom. The SMILES string of the molecule is CCC(SCc1ccccc1C(F)(F)F)C(=O)O. The Labute approximate surface area is 107 Å². The van der Waals surface area contributed by atoms with E-state index in [4.69, 9.17) is 5.11 Å². The lowest BCUT2D eigenvalue weighted by Gasteiger charge is -2.14. The van der Waals surface area contributed by atoms with Gasteiger partial charge in [-0.15, -0.1) is 11.8 Å². The second kappa shape index (κ2) is 6.13. The van der Waals surface area contributed by atoms with Gasteiger partial charge in [0.15, 0.2) is 0 Å². The highest BCUT2D eigenvalue weighted by atomic mass is 32.2. The molecule has 0 aliphatic rings. The van der Waals surface area contributed by atoms with E-state index in [9.17, 15) is 18.0 Å². The molecule has 0 aliphatic carbocycles. The summed E-state index contributed by atoms with van der Waals surface area (Å²) in [6.45, 7) is 1.70. The number of alkyl halides is 3. The van der Waals surface area contributed by atoms with Crippen LogP contribution in [0.1, 0.15) is 24.5 Å². The van der Waals surface area contributed by atoms with Crippen molar-refractivity contribution in [2.24, 2.45) is 0 Å². The van der Waals surface area contributed by atoms with Crippen LogP contribution in [0.5, 0.6) is 0 Å². The number of carbonyl (C=O) groups is 1. The summed E-state index contributed by atoms with van der Waals surface area (Å²) in [5, 5.41) is 8.16. The summed E-state index contributed by atoms with van der Waals surface area (Å²) in [5.74, 6) is -0.951. The number of rotatable bonds is 5. The van der Waals surface area contributed by atoms with Gasteiger partial charge >= 0.3 is 12.1 Å². The summed E-state index contributed by atoms with van der Waals surface area (Å²) in [6, 6.07) is 5.24. The molecule has 6 heteroatoms. The van der Waals surface area contributed by atoms with Crippen LogP contribution in [-0.4, -0.2) is 16.3 Å². The van der Waals surface area contributed by atoms with Crippen molar-refractivity contribution in [3.8, 4) is 0 Å². The van der Waals surface area contributed by atoms with Crippen molar-refractivity contribution < 1.29 is 23.1 Å². The quantitative estimate of drug-likeness (QED) is 0.890. The molecule has 2 nitrogen and oxygen atoms in total. The van der Waals surface area contributed by atoms with Gasteiger partial charge in [-0.2, -0.15) is 13.2 Å². The van der Waals surface area contributed by atoms with Crippen molar-refractivity contribution in [1.29, 1.82) is 0 Å². The first-order valence-corrected chi connectivity index (χ1v) is 6.40. The van der Waals surface area contributed by atoms with Gasteiger partial charge in [-0.25, -0.2) is 0 Å². The number of hydrogen-bond donors (Lipinski definition) is 1. The number of carboxylic acid groups (broad SMARTS) is 1. The zero-order valence-corrected chi connectivity index (χ0v) is 10.5. The van der Waals surface area contributed by atoms with Gasteiger partial charge in [0.05, 0.1) is 5.56 Å². The third kappa shape index (κ3) is 3.94. The van der Waals surface area contributed by atoms with E-state index >= 15 is 0 Å². The number of thioether (sulfide) groups is 1. The van der Waals surface area contributed by atoms with Gasteiger partial charge in [-0.1, -0.05) is 25.1 Å². The Morgan fingerprint density at radius 3 is 2.50 bits per heavy atom. The first-order chi connectivity index (χ1) is 8.36. The molecule has 1 aromatic rings. The van der Waals surface area contributed by atoms with Crippen molar-refractivity contribution in [3.05, 3.63) is 35.4 Å². The molecule has 1 rings (SSSR count). The van der Waals surface area contributed by atoms with Crippen LogP contribution in [0.2, 0.25) is 0 Å². The van der Waals surface area contributed by atoms with E-state index in [1.807, 2.05) is 0 Å². The predicted molar refractivity (Wildman–Crippen MR) is 64.5 cm³/mol. The van der Waals surface area contributed by atoms with Gasteiger partial charge in [0, 0.05) is 5.75 Å².